The highest BCUT2D eigenvalue weighted by Gasteiger charge is 2.00. The monoisotopic (exact) mass is 208 g/mol. The molecule has 2 aromatic rings. The molecule has 0 spiro atoms. The van der Waals surface area contributed by atoms with E-state index in [2.05, 4.69) is 22.5 Å². The molecule has 1 N–H and O–H groups in total. The van der Waals surface area contributed by atoms with Crippen LogP contribution in [0.2, 0.25) is 0 Å². The summed E-state index contributed by atoms with van der Waals surface area (Å²) in [5.41, 5.74) is 0.876. The zero-order chi connectivity index (χ0) is 9.80. The van der Waals surface area contributed by atoms with Crippen molar-refractivity contribution in [2.45, 2.75) is 19.6 Å². The van der Waals surface area contributed by atoms with Gasteiger partial charge in [0, 0.05) is 11.4 Å². The van der Waals surface area contributed by atoms with E-state index in [0.717, 1.165) is 18.7 Å². The lowest BCUT2D eigenvalue weighted by Gasteiger charge is -2.04. The van der Waals surface area contributed by atoms with Crippen LogP contribution in [0, 0.1) is 0 Å². The summed E-state index contributed by atoms with van der Waals surface area (Å²) in [6.07, 6.45) is 4.47. The number of hydrogen-bond acceptors (Lipinski definition) is 3. The van der Waals surface area contributed by atoms with E-state index in [0.29, 0.717) is 0 Å². The lowest BCUT2D eigenvalue weighted by atomic mass is 10.3. The van der Waals surface area contributed by atoms with Crippen LogP contribution >= 0.6 is 11.3 Å². The second kappa shape index (κ2) is 4.39. The maximum Gasteiger partial charge on any atom is 0.0948 e. The maximum atomic E-state index is 9.01. The van der Waals surface area contributed by atoms with Crippen molar-refractivity contribution in [3.63, 3.8) is 0 Å². The molecule has 0 unspecified atom stereocenters. The highest BCUT2D eigenvalue weighted by atomic mass is 32.1. The highest BCUT2D eigenvalue weighted by Crippen LogP contribution is 2.10. The molecule has 0 aliphatic rings. The summed E-state index contributed by atoms with van der Waals surface area (Å²) in [5, 5.41) is 11.1. The standard InChI is InChI=1S/C10H12N2OS/c13-7-9-6-11-8-12(9)4-3-10-2-1-5-14-10/h1-2,5-6,8,13H,3-4,7H2. The second-order valence-corrected chi connectivity index (χ2v) is 4.10. The van der Waals surface area contributed by atoms with Crippen molar-refractivity contribution >= 4 is 11.3 Å². The van der Waals surface area contributed by atoms with Gasteiger partial charge in [0.05, 0.1) is 24.8 Å². The van der Waals surface area contributed by atoms with Crippen LogP contribution in [0.3, 0.4) is 0 Å². The smallest absolute Gasteiger partial charge is 0.0948 e. The maximum absolute atomic E-state index is 9.01. The van der Waals surface area contributed by atoms with Crippen LogP contribution in [-0.4, -0.2) is 14.7 Å². The van der Waals surface area contributed by atoms with Crippen molar-refractivity contribution in [1.82, 2.24) is 9.55 Å². The van der Waals surface area contributed by atoms with E-state index < -0.39 is 0 Å². The lowest BCUT2D eigenvalue weighted by Crippen LogP contribution is -2.03. The number of aryl methyl sites for hydroxylation is 2. The Morgan fingerprint density at radius 3 is 3.14 bits per heavy atom. The Kier molecular flexibility index (Phi) is 2.96. The third-order valence-corrected chi connectivity index (χ3v) is 3.08. The first kappa shape index (κ1) is 9.43. The van der Waals surface area contributed by atoms with Crippen LogP contribution in [0.15, 0.2) is 30.0 Å². The second-order valence-electron chi connectivity index (χ2n) is 3.07. The number of thiophene rings is 1. The van der Waals surface area contributed by atoms with Crippen molar-refractivity contribution in [2.24, 2.45) is 0 Å². The third kappa shape index (κ3) is 2.02. The summed E-state index contributed by atoms with van der Waals surface area (Å²) < 4.78 is 1.99. The third-order valence-electron chi connectivity index (χ3n) is 2.14. The van der Waals surface area contributed by atoms with Gasteiger partial charge in [-0.2, -0.15) is 0 Å². The van der Waals surface area contributed by atoms with Gasteiger partial charge in [0.2, 0.25) is 0 Å². The molecule has 14 heavy (non-hydrogen) atoms. The molecule has 0 radical (unpaired) electrons. The number of rotatable bonds is 4. The molecule has 0 bridgehead atoms. The average molecular weight is 208 g/mol. The topological polar surface area (TPSA) is 38.1 Å². The van der Waals surface area contributed by atoms with E-state index in [9.17, 15) is 0 Å². The first-order chi connectivity index (χ1) is 6.90. The Labute approximate surface area is 86.7 Å². The van der Waals surface area contributed by atoms with E-state index in [4.69, 9.17) is 5.11 Å². The van der Waals surface area contributed by atoms with Crippen LogP contribution < -0.4 is 0 Å². The summed E-state index contributed by atoms with van der Waals surface area (Å²) in [7, 11) is 0. The molecule has 74 valence electrons. The summed E-state index contributed by atoms with van der Waals surface area (Å²) in [6.45, 7) is 0.945. The van der Waals surface area contributed by atoms with Crippen LogP contribution in [0.5, 0.6) is 0 Å². The fourth-order valence-corrected chi connectivity index (χ4v) is 2.06. The van der Waals surface area contributed by atoms with Gasteiger partial charge >= 0.3 is 0 Å². The molecule has 4 heteroatoms. The van der Waals surface area contributed by atoms with E-state index >= 15 is 0 Å². The van der Waals surface area contributed by atoms with Gasteiger partial charge in [-0.1, -0.05) is 6.07 Å². The molecule has 0 aromatic carbocycles. The van der Waals surface area contributed by atoms with Crippen molar-refractivity contribution < 1.29 is 5.11 Å². The molecule has 3 nitrogen and oxygen atoms in total. The number of aromatic nitrogens is 2. The molecular weight excluding hydrogens is 196 g/mol. The Morgan fingerprint density at radius 2 is 2.43 bits per heavy atom. The first-order valence-corrected chi connectivity index (χ1v) is 5.40. The Hall–Kier alpha value is -1.13. The van der Waals surface area contributed by atoms with Gasteiger partial charge in [-0.3, -0.25) is 0 Å². The fourth-order valence-electron chi connectivity index (χ4n) is 1.37. The molecule has 0 fully saturated rings. The largest absolute Gasteiger partial charge is 0.390 e. The lowest BCUT2D eigenvalue weighted by molar-refractivity contribution is 0.270. The zero-order valence-corrected chi connectivity index (χ0v) is 8.57. The summed E-state index contributed by atoms with van der Waals surface area (Å²) >= 11 is 1.76. The van der Waals surface area contributed by atoms with E-state index in [1.54, 1.807) is 23.9 Å². The normalized spacial score (nSPS) is 10.6. The molecule has 0 atom stereocenters. The minimum absolute atomic E-state index is 0.0600. The molecule has 0 aliphatic carbocycles. The van der Waals surface area contributed by atoms with E-state index in [-0.39, 0.29) is 6.61 Å². The predicted molar refractivity (Wildman–Crippen MR) is 56.2 cm³/mol. The van der Waals surface area contributed by atoms with Gasteiger partial charge in [-0.15, -0.1) is 11.3 Å². The fraction of sp³-hybridized carbons (Fsp3) is 0.300. The SMILES string of the molecule is OCc1cncn1CCc1cccs1. The van der Waals surface area contributed by atoms with Crippen molar-refractivity contribution in [3.05, 3.63) is 40.6 Å². The van der Waals surface area contributed by atoms with Gasteiger partial charge in [-0.25, -0.2) is 4.98 Å². The van der Waals surface area contributed by atoms with Crippen LogP contribution in [0.4, 0.5) is 0 Å². The summed E-state index contributed by atoms with van der Waals surface area (Å²) in [6, 6.07) is 4.18. The number of aliphatic hydroxyl groups is 1. The molecule has 2 aromatic heterocycles. The molecule has 0 saturated heterocycles. The molecule has 0 aliphatic heterocycles. The van der Waals surface area contributed by atoms with Crippen LogP contribution in [-0.2, 0) is 19.6 Å². The van der Waals surface area contributed by atoms with Gasteiger partial charge in [0.25, 0.3) is 0 Å². The number of imidazole rings is 1. The van der Waals surface area contributed by atoms with Crippen molar-refractivity contribution in [2.75, 3.05) is 0 Å². The molecule has 2 rings (SSSR count). The number of aliphatic hydroxyl groups excluding tert-OH is 1. The summed E-state index contributed by atoms with van der Waals surface area (Å²) in [4.78, 5) is 5.36. The Bertz CT molecular complexity index is 380. The van der Waals surface area contributed by atoms with E-state index in [1.807, 2.05) is 4.57 Å². The zero-order valence-electron chi connectivity index (χ0n) is 7.76. The predicted octanol–water partition coefficient (Wildman–Crippen LogP) is 1.68. The minimum Gasteiger partial charge on any atom is -0.390 e. The van der Waals surface area contributed by atoms with Crippen molar-refractivity contribution in [1.29, 1.82) is 0 Å². The molecular formula is C10H12N2OS. The van der Waals surface area contributed by atoms with Gasteiger partial charge < -0.3 is 9.67 Å². The van der Waals surface area contributed by atoms with Gasteiger partial charge in [0.1, 0.15) is 0 Å². The average Bonchev–Trinajstić information content (AvgIpc) is 2.85. The first-order valence-electron chi connectivity index (χ1n) is 4.52. The van der Waals surface area contributed by atoms with E-state index in [1.165, 1.54) is 4.88 Å². The Morgan fingerprint density at radius 1 is 1.50 bits per heavy atom. The number of hydrogen-bond donors (Lipinski definition) is 1. The summed E-state index contributed by atoms with van der Waals surface area (Å²) in [5.74, 6) is 0. The molecule has 0 saturated carbocycles. The van der Waals surface area contributed by atoms with Gasteiger partial charge in [-0.05, 0) is 17.9 Å². The van der Waals surface area contributed by atoms with Crippen LogP contribution in [0.1, 0.15) is 10.6 Å². The minimum atomic E-state index is 0.0600. The van der Waals surface area contributed by atoms with Crippen molar-refractivity contribution in [3.8, 4) is 0 Å². The van der Waals surface area contributed by atoms with Gasteiger partial charge in [0.15, 0.2) is 0 Å². The number of nitrogens with zero attached hydrogens (tertiary/aromatic N) is 2. The quantitative estimate of drug-likeness (QED) is 0.830. The van der Waals surface area contributed by atoms with Crippen LogP contribution in [0.25, 0.3) is 0 Å². The molecule has 0 amide bonds. The molecule has 2 heterocycles. The Balaban J connectivity index is 1.98. The highest BCUT2D eigenvalue weighted by molar-refractivity contribution is 7.09.